The molecule has 1 heterocycles. The van der Waals surface area contributed by atoms with Crippen LogP contribution in [0.1, 0.15) is 271 Å². The van der Waals surface area contributed by atoms with E-state index in [1.807, 2.05) is 6.08 Å². The molecule has 67 heavy (non-hydrogen) atoms. The van der Waals surface area contributed by atoms with E-state index in [0.717, 1.165) is 38.5 Å². The lowest BCUT2D eigenvalue weighted by Gasteiger charge is -2.41. The van der Waals surface area contributed by atoms with E-state index >= 15 is 0 Å². The van der Waals surface area contributed by atoms with Crippen LogP contribution in [0.4, 0.5) is 0 Å². The fourth-order valence-corrected chi connectivity index (χ4v) is 9.73. The Labute approximate surface area is 410 Å². The van der Waals surface area contributed by atoms with Crippen molar-refractivity contribution < 1.29 is 51.8 Å². The third-order valence-electron chi connectivity index (χ3n) is 13.6. The first-order valence-electron chi connectivity index (χ1n) is 28.1. The van der Waals surface area contributed by atoms with E-state index in [9.17, 15) is 38.2 Å². The number of allylic oxidation sites excluding steroid dienone is 1. The van der Waals surface area contributed by atoms with Gasteiger partial charge in [0.05, 0.1) is 25.4 Å². The summed E-state index contributed by atoms with van der Waals surface area (Å²) in [5, 5.41) is 44.9. The second-order valence-corrected chi connectivity index (χ2v) is 20.9. The number of hydrogen-bond donors (Lipinski definition) is 6. The molecule has 1 amide bonds. The molecule has 0 aromatic carbocycles. The number of aliphatic hydroxyl groups excluding tert-OH is 4. The van der Waals surface area contributed by atoms with Crippen LogP contribution in [0.25, 0.3) is 0 Å². The molecule has 1 rings (SSSR count). The lowest BCUT2D eigenvalue weighted by Crippen LogP contribution is -2.61. The van der Waals surface area contributed by atoms with Gasteiger partial charge < -0.3 is 35.2 Å². The summed E-state index contributed by atoms with van der Waals surface area (Å²) in [4.78, 5) is 13.1. The Morgan fingerprint density at radius 3 is 1.30 bits per heavy atom. The van der Waals surface area contributed by atoms with Crippen LogP contribution in [0.15, 0.2) is 12.2 Å². The number of carbonyl (C=O) groups is 1. The SMILES string of the molecule is CCCCCCCCCCCCCCCCCCCCC/C=C/C(O)C(COC1OC(CO)C(O)C(OS(=O)(=O)O)C1O)NC(=O)CCCCCCCCCCCCCCCCCCCCC. The highest BCUT2D eigenvalue weighted by Crippen LogP contribution is 2.26. The van der Waals surface area contributed by atoms with E-state index in [4.69, 9.17) is 9.47 Å². The number of amides is 1. The molecular formula is C54H105NO11S. The molecule has 7 atom stereocenters. The van der Waals surface area contributed by atoms with Gasteiger partial charge in [-0.25, -0.2) is 4.18 Å². The van der Waals surface area contributed by atoms with E-state index < -0.39 is 59.9 Å². The Hall–Kier alpha value is -1.16. The number of ether oxygens (including phenoxy) is 2. The normalized spacial score (nSPS) is 19.9. The largest absolute Gasteiger partial charge is 0.397 e. The highest BCUT2D eigenvalue weighted by molar-refractivity contribution is 7.80. The fourth-order valence-electron chi connectivity index (χ4n) is 9.22. The topological polar surface area (TPSA) is 192 Å². The van der Waals surface area contributed by atoms with Crippen molar-refractivity contribution in [1.29, 1.82) is 0 Å². The molecule has 0 bridgehead atoms. The summed E-state index contributed by atoms with van der Waals surface area (Å²) in [6.07, 6.45) is 43.9. The average molecular weight is 976 g/mol. The van der Waals surface area contributed by atoms with Crippen LogP contribution in [-0.2, 0) is 28.9 Å². The summed E-state index contributed by atoms with van der Waals surface area (Å²) in [5.41, 5.74) is 0. The van der Waals surface area contributed by atoms with Gasteiger partial charge in [-0.15, -0.1) is 0 Å². The second-order valence-electron chi connectivity index (χ2n) is 19.9. The number of rotatable bonds is 49. The number of nitrogens with one attached hydrogen (secondary N) is 1. The zero-order valence-electron chi connectivity index (χ0n) is 43.0. The zero-order valence-corrected chi connectivity index (χ0v) is 43.8. The van der Waals surface area contributed by atoms with E-state index in [0.29, 0.717) is 6.42 Å². The van der Waals surface area contributed by atoms with Crippen LogP contribution >= 0.6 is 0 Å². The zero-order chi connectivity index (χ0) is 49.1. The summed E-state index contributed by atoms with van der Waals surface area (Å²) >= 11 is 0. The maximum absolute atomic E-state index is 13.1. The van der Waals surface area contributed by atoms with Gasteiger partial charge in [-0.3, -0.25) is 9.35 Å². The molecule has 1 aliphatic rings. The van der Waals surface area contributed by atoms with Gasteiger partial charge in [-0.2, -0.15) is 8.42 Å². The standard InChI is InChI=1S/C54H105NO11S/c1-3-5-7-9-11-13-15-17-19-21-23-24-26-27-29-31-33-35-37-39-41-43-48(57)47(46-64-54-52(60)53(66-67(61,62)63)51(59)49(45-56)65-54)55-50(58)44-42-40-38-36-34-32-30-28-25-22-20-18-16-14-12-10-8-6-4-2/h41,43,47-49,51-54,56-57,59-60H,3-40,42,44-46H2,1-2H3,(H,55,58)(H,61,62,63)/b43-41+. The minimum absolute atomic E-state index is 0.256. The molecule has 0 saturated carbocycles. The van der Waals surface area contributed by atoms with Crippen LogP contribution < -0.4 is 5.32 Å². The molecule has 398 valence electrons. The smallest absolute Gasteiger partial charge is 0.394 e. The first-order chi connectivity index (χ1) is 32.5. The van der Waals surface area contributed by atoms with Crippen molar-refractivity contribution in [2.45, 2.75) is 314 Å². The van der Waals surface area contributed by atoms with Gasteiger partial charge in [0.1, 0.15) is 24.4 Å². The van der Waals surface area contributed by atoms with Gasteiger partial charge in [0.2, 0.25) is 5.91 Å². The van der Waals surface area contributed by atoms with Crippen LogP contribution in [0.5, 0.6) is 0 Å². The molecule has 12 nitrogen and oxygen atoms in total. The minimum atomic E-state index is -5.09. The summed E-state index contributed by atoms with van der Waals surface area (Å²) in [6, 6.07) is -0.939. The van der Waals surface area contributed by atoms with Gasteiger partial charge in [0, 0.05) is 6.42 Å². The predicted octanol–water partition coefficient (Wildman–Crippen LogP) is 12.7. The third kappa shape index (κ3) is 37.3. The van der Waals surface area contributed by atoms with E-state index in [2.05, 4.69) is 23.3 Å². The molecular weight excluding hydrogens is 871 g/mol. The van der Waals surface area contributed by atoms with Crippen LogP contribution in [0.3, 0.4) is 0 Å². The minimum Gasteiger partial charge on any atom is -0.394 e. The molecule has 0 aromatic heterocycles. The van der Waals surface area contributed by atoms with E-state index in [1.165, 1.54) is 205 Å². The molecule has 1 aliphatic heterocycles. The van der Waals surface area contributed by atoms with Crippen molar-refractivity contribution in [1.82, 2.24) is 5.32 Å². The summed E-state index contributed by atoms with van der Waals surface area (Å²) in [6.45, 7) is 3.44. The van der Waals surface area contributed by atoms with Gasteiger partial charge in [-0.1, -0.05) is 257 Å². The van der Waals surface area contributed by atoms with Gasteiger partial charge in [-0.05, 0) is 19.3 Å². The van der Waals surface area contributed by atoms with Crippen LogP contribution in [0.2, 0.25) is 0 Å². The molecule has 0 aromatic rings. The summed E-state index contributed by atoms with van der Waals surface area (Å²) in [7, 11) is -5.09. The van der Waals surface area contributed by atoms with Crippen molar-refractivity contribution in [3.05, 3.63) is 12.2 Å². The first-order valence-corrected chi connectivity index (χ1v) is 29.4. The molecule has 1 saturated heterocycles. The summed E-state index contributed by atoms with van der Waals surface area (Å²) < 4.78 is 47.8. The molecule has 1 fully saturated rings. The van der Waals surface area contributed by atoms with Crippen molar-refractivity contribution in [3.8, 4) is 0 Å². The monoisotopic (exact) mass is 976 g/mol. The molecule has 0 spiro atoms. The van der Waals surface area contributed by atoms with Gasteiger partial charge in [0.15, 0.2) is 6.29 Å². The summed E-state index contributed by atoms with van der Waals surface area (Å²) in [5.74, 6) is -0.256. The Morgan fingerprint density at radius 1 is 0.582 bits per heavy atom. The Bertz CT molecular complexity index is 1240. The highest BCUT2D eigenvalue weighted by Gasteiger charge is 2.48. The Balaban J connectivity index is 2.40. The number of aliphatic hydroxyl groups is 4. The maximum atomic E-state index is 13.1. The van der Waals surface area contributed by atoms with Gasteiger partial charge in [0.25, 0.3) is 0 Å². The molecule has 0 radical (unpaired) electrons. The quantitative estimate of drug-likeness (QED) is 0.0193. The lowest BCUT2D eigenvalue weighted by atomic mass is 9.99. The molecule has 13 heteroatoms. The number of carbonyl (C=O) groups excluding carboxylic acids is 1. The average Bonchev–Trinajstić information content (AvgIpc) is 3.30. The third-order valence-corrected chi connectivity index (χ3v) is 14.0. The van der Waals surface area contributed by atoms with E-state index in [1.54, 1.807) is 6.08 Å². The lowest BCUT2D eigenvalue weighted by molar-refractivity contribution is -0.298. The first kappa shape index (κ1) is 63.9. The van der Waals surface area contributed by atoms with Crippen molar-refractivity contribution in [2.75, 3.05) is 13.2 Å². The molecule has 0 aliphatic carbocycles. The maximum Gasteiger partial charge on any atom is 0.397 e. The van der Waals surface area contributed by atoms with Crippen LogP contribution in [0, 0.1) is 0 Å². The fraction of sp³-hybridized carbons (Fsp3) is 0.944. The van der Waals surface area contributed by atoms with Gasteiger partial charge >= 0.3 is 10.4 Å². The molecule has 7 unspecified atom stereocenters. The Kier molecular flexibility index (Phi) is 42.7. The molecule has 6 N–H and O–H groups in total. The Morgan fingerprint density at radius 2 is 0.940 bits per heavy atom. The van der Waals surface area contributed by atoms with Crippen molar-refractivity contribution in [3.63, 3.8) is 0 Å². The number of unbranched alkanes of at least 4 members (excludes halogenated alkanes) is 37. The second kappa shape index (κ2) is 44.8. The van der Waals surface area contributed by atoms with Crippen molar-refractivity contribution >= 4 is 16.3 Å². The van der Waals surface area contributed by atoms with E-state index in [-0.39, 0.29) is 18.9 Å². The predicted molar refractivity (Wildman–Crippen MR) is 273 cm³/mol. The van der Waals surface area contributed by atoms with Crippen molar-refractivity contribution in [2.24, 2.45) is 0 Å². The highest BCUT2D eigenvalue weighted by atomic mass is 32.3. The van der Waals surface area contributed by atoms with Crippen LogP contribution in [-0.4, -0.2) is 95.4 Å². The number of hydrogen-bond acceptors (Lipinski definition) is 10.